The molecule has 0 saturated heterocycles. The van der Waals surface area contributed by atoms with Gasteiger partial charge in [-0.2, -0.15) is 0 Å². The Morgan fingerprint density at radius 2 is 1.54 bits per heavy atom. The number of hydrogen-bond acceptors (Lipinski definition) is 3. The lowest BCUT2D eigenvalue weighted by Gasteiger charge is -2.22. The van der Waals surface area contributed by atoms with Gasteiger partial charge in [0.1, 0.15) is 6.04 Å². The van der Waals surface area contributed by atoms with E-state index in [1.54, 1.807) is 4.90 Å². The van der Waals surface area contributed by atoms with Crippen LogP contribution in [0.5, 0.6) is 0 Å². The average molecular weight is 468 g/mol. The first-order valence-electron chi connectivity index (χ1n) is 12.1. The highest BCUT2D eigenvalue weighted by molar-refractivity contribution is 5.96. The number of carbonyl (C=O) groups excluding carboxylic acids is 2. The van der Waals surface area contributed by atoms with Crippen molar-refractivity contribution in [1.29, 1.82) is 0 Å². The van der Waals surface area contributed by atoms with Gasteiger partial charge in [0, 0.05) is 26.1 Å². The molecule has 2 heterocycles. The second-order valence-electron chi connectivity index (χ2n) is 8.78. The van der Waals surface area contributed by atoms with Crippen molar-refractivity contribution in [2.75, 3.05) is 18.0 Å². The minimum Gasteiger partial charge on any atom is -0.354 e. The smallest absolute Gasteiger partial charge is 0.324 e. The lowest BCUT2D eigenvalue weighted by molar-refractivity contribution is -0.122. The molecular weight excluding hydrogens is 438 g/mol. The molecule has 4 aromatic rings. The van der Waals surface area contributed by atoms with Crippen molar-refractivity contribution in [3.05, 3.63) is 96.1 Å². The molecule has 0 saturated carbocycles. The lowest BCUT2D eigenvalue weighted by atomic mass is 10.1. The Kier molecular flexibility index (Phi) is 6.75. The molecule has 0 radical (unpaired) electrons. The second-order valence-corrected chi connectivity index (χ2v) is 8.78. The van der Waals surface area contributed by atoms with Crippen molar-refractivity contribution >= 4 is 28.9 Å². The average Bonchev–Trinajstić information content (AvgIpc) is 3.47. The van der Waals surface area contributed by atoms with Gasteiger partial charge >= 0.3 is 6.03 Å². The molecule has 3 aromatic carbocycles. The largest absolute Gasteiger partial charge is 0.354 e. The molecule has 1 aliphatic heterocycles. The zero-order chi connectivity index (χ0) is 24.0. The molecule has 1 aromatic heterocycles. The maximum absolute atomic E-state index is 13.3. The first kappa shape index (κ1) is 22.7. The van der Waals surface area contributed by atoms with Crippen LogP contribution in [0.15, 0.2) is 84.9 Å². The van der Waals surface area contributed by atoms with Crippen molar-refractivity contribution in [3.8, 4) is 0 Å². The molecule has 1 aliphatic rings. The Hall–Kier alpha value is -4.13. The molecule has 0 spiro atoms. The lowest BCUT2D eigenvalue weighted by Crippen LogP contribution is -2.52. The second kappa shape index (κ2) is 10.4. The van der Waals surface area contributed by atoms with Crippen LogP contribution in [0.4, 0.5) is 10.7 Å². The summed E-state index contributed by atoms with van der Waals surface area (Å²) in [6, 6.07) is 26.8. The highest BCUT2D eigenvalue weighted by atomic mass is 16.2. The minimum absolute atomic E-state index is 0.178. The SMILES string of the molecule is O=C(NCCCc1ccccc1)[C@@H](Cc1ccccc1)NC(=O)N1CCn2c1nc1ccccc12. The summed E-state index contributed by atoms with van der Waals surface area (Å²) in [7, 11) is 0. The predicted molar refractivity (Wildman–Crippen MR) is 137 cm³/mol. The minimum atomic E-state index is -0.681. The number of imidazole rings is 1. The van der Waals surface area contributed by atoms with Crippen molar-refractivity contribution in [2.45, 2.75) is 31.8 Å². The van der Waals surface area contributed by atoms with Gasteiger partial charge in [-0.3, -0.25) is 9.69 Å². The summed E-state index contributed by atoms with van der Waals surface area (Å²) in [6.07, 6.45) is 2.14. The van der Waals surface area contributed by atoms with E-state index in [0.717, 1.165) is 29.4 Å². The first-order valence-corrected chi connectivity index (χ1v) is 12.1. The van der Waals surface area contributed by atoms with Crippen LogP contribution in [0.3, 0.4) is 0 Å². The third-order valence-corrected chi connectivity index (χ3v) is 6.35. The van der Waals surface area contributed by atoms with E-state index >= 15 is 0 Å². The number of nitrogens with zero attached hydrogens (tertiary/aromatic N) is 3. The van der Waals surface area contributed by atoms with Crippen molar-refractivity contribution in [2.24, 2.45) is 0 Å². The van der Waals surface area contributed by atoms with E-state index in [9.17, 15) is 9.59 Å². The fourth-order valence-corrected chi connectivity index (χ4v) is 4.54. The molecule has 2 N–H and O–H groups in total. The van der Waals surface area contributed by atoms with Gasteiger partial charge in [0.15, 0.2) is 0 Å². The standard InChI is InChI=1S/C28H29N5O2/c34-26(29-17-9-14-21-10-3-1-4-11-21)24(20-22-12-5-2-6-13-22)31-28(35)33-19-18-32-25-16-8-7-15-23(25)30-27(32)33/h1-8,10-13,15-16,24H,9,14,17-20H2,(H,29,34)(H,31,35)/t24-/m1/s1. The molecule has 178 valence electrons. The number of anilines is 1. The third-order valence-electron chi connectivity index (χ3n) is 6.35. The Labute approximate surface area is 204 Å². The number of amides is 3. The van der Waals surface area contributed by atoms with E-state index in [1.165, 1.54) is 5.56 Å². The molecule has 7 nitrogen and oxygen atoms in total. The van der Waals surface area contributed by atoms with Crippen LogP contribution in [0.1, 0.15) is 17.5 Å². The number of hydrogen-bond donors (Lipinski definition) is 2. The van der Waals surface area contributed by atoms with Crippen LogP contribution in [0.25, 0.3) is 11.0 Å². The molecule has 0 unspecified atom stereocenters. The van der Waals surface area contributed by atoms with Crippen molar-refractivity contribution < 1.29 is 9.59 Å². The molecule has 0 fully saturated rings. The zero-order valence-electron chi connectivity index (χ0n) is 19.6. The van der Waals surface area contributed by atoms with Crippen LogP contribution in [-0.4, -0.2) is 40.6 Å². The van der Waals surface area contributed by atoms with Gasteiger partial charge in [0.05, 0.1) is 11.0 Å². The molecule has 1 atom stereocenters. The number of urea groups is 1. The fourth-order valence-electron chi connectivity index (χ4n) is 4.54. The molecule has 3 amide bonds. The van der Waals surface area contributed by atoms with Gasteiger partial charge in [-0.25, -0.2) is 9.78 Å². The van der Waals surface area contributed by atoms with E-state index in [4.69, 9.17) is 0 Å². The summed E-state index contributed by atoms with van der Waals surface area (Å²) in [5, 5.41) is 5.99. The molecule has 7 heteroatoms. The Morgan fingerprint density at radius 3 is 2.31 bits per heavy atom. The van der Waals surface area contributed by atoms with Crippen LogP contribution in [0.2, 0.25) is 0 Å². The maximum Gasteiger partial charge on any atom is 0.324 e. The number of carbonyl (C=O) groups is 2. The summed E-state index contributed by atoms with van der Waals surface area (Å²) < 4.78 is 2.05. The highest BCUT2D eigenvalue weighted by Crippen LogP contribution is 2.27. The predicted octanol–water partition coefficient (Wildman–Crippen LogP) is 3.93. The number of para-hydroxylation sites is 2. The number of aryl methyl sites for hydroxylation is 1. The van der Waals surface area contributed by atoms with E-state index in [1.807, 2.05) is 77.4 Å². The van der Waals surface area contributed by atoms with Crippen LogP contribution < -0.4 is 15.5 Å². The van der Waals surface area contributed by atoms with Gasteiger partial charge in [-0.05, 0) is 36.1 Å². The van der Waals surface area contributed by atoms with Crippen molar-refractivity contribution in [1.82, 2.24) is 20.2 Å². The van der Waals surface area contributed by atoms with Gasteiger partial charge in [0.25, 0.3) is 0 Å². The fraction of sp³-hybridized carbons (Fsp3) is 0.250. The van der Waals surface area contributed by atoms with E-state index in [-0.39, 0.29) is 11.9 Å². The maximum atomic E-state index is 13.3. The van der Waals surface area contributed by atoms with Crippen molar-refractivity contribution in [3.63, 3.8) is 0 Å². The first-order chi connectivity index (χ1) is 17.2. The van der Waals surface area contributed by atoms with Crippen LogP contribution in [-0.2, 0) is 24.2 Å². The number of benzene rings is 3. The number of rotatable bonds is 8. The van der Waals surface area contributed by atoms with E-state index < -0.39 is 6.04 Å². The summed E-state index contributed by atoms with van der Waals surface area (Å²) >= 11 is 0. The molecular formula is C28H29N5O2. The Morgan fingerprint density at radius 1 is 0.857 bits per heavy atom. The molecule has 5 rings (SSSR count). The monoisotopic (exact) mass is 467 g/mol. The number of nitrogens with one attached hydrogen (secondary N) is 2. The Balaban J connectivity index is 1.25. The third kappa shape index (κ3) is 5.19. The van der Waals surface area contributed by atoms with E-state index in [2.05, 4.69) is 27.8 Å². The summed E-state index contributed by atoms with van der Waals surface area (Å²) in [5.41, 5.74) is 4.10. The molecule has 0 bridgehead atoms. The van der Waals surface area contributed by atoms with Crippen LogP contribution >= 0.6 is 0 Å². The summed E-state index contributed by atoms with van der Waals surface area (Å²) in [5.74, 6) is 0.438. The number of aromatic nitrogens is 2. The van der Waals surface area contributed by atoms with Gasteiger partial charge < -0.3 is 15.2 Å². The molecule has 35 heavy (non-hydrogen) atoms. The van der Waals surface area contributed by atoms with E-state index in [0.29, 0.717) is 32.0 Å². The van der Waals surface area contributed by atoms with Gasteiger partial charge in [-0.15, -0.1) is 0 Å². The zero-order valence-corrected chi connectivity index (χ0v) is 19.6. The Bertz CT molecular complexity index is 1300. The quantitative estimate of drug-likeness (QED) is 0.386. The molecule has 0 aliphatic carbocycles. The normalized spacial score (nSPS) is 13.4. The topological polar surface area (TPSA) is 79.3 Å². The van der Waals surface area contributed by atoms with Crippen LogP contribution in [0, 0.1) is 0 Å². The summed E-state index contributed by atoms with van der Waals surface area (Å²) in [6.45, 7) is 1.75. The number of fused-ring (bicyclic) bond motifs is 3. The summed E-state index contributed by atoms with van der Waals surface area (Å²) in [4.78, 5) is 32.7. The van der Waals surface area contributed by atoms with Gasteiger partial charge in [0.2, 0.25) is 11.9 Å². The van der Waals surface area contributed by atoms with Gasteiger partial charge in [-0.1, -0.05) is 72.8 Å². The highest BCUT2D eigenvalue weighted by Gasteiger charge is 2.31.